The first-order valence-corrected chi connectivity index (χ1v) is 7.36. The second kappa shape index (κ2) is 4.56. The minimum absolute atomic E-state index is 0.0312. The number of amides is 1. The highest BCUT2D eigenvalue weighted by atomic mass is 19.1. The van der Waals surface area contributed by atoms with Gasteiger partial charge in [-0.2, -0.15) is 0 Å². The SMILES string of the molecule is CN1C[C@@H]2CN(C(=O)c3cc4cc(F)ccc4[nH]3)C[C@@H]2C1. The van der Waals surface area contributed by atoms with Crippen molar-refractivity contribution in [3.8, 4) is 0 Å². The molecule has 110 valence electrons. The van der Waals surface area contributed by atoms with Gasteiger partial charge in [0.25, 0.3) is 5.91 Å². The quantitative estimate of drug-likeness (QED) is 0.870. The lowest BCUT2D eigenvalue weighted by Gasteiger charge is -2.18. The molecule has 1 N–H and O–H groups in total. The zero-order valence-corrected chi connectivity index (χ0v) is 12.0. The van der Waals surface area contributed by atoms with Crippen LogP contribution in [0.3, 0.4) is 0 Å². The number of nitrogens with one attached hydrogen (secondary N) is 1. The van der Waals surface area contributed by atoms with Crippen LogP contribution in [-0.4, -0.2) is 53.9 Å². The first-order chi connectivity index (χ1) is 10.1. The Labute approximate surface area is 122 Å². The number of likely N-dealkylation sites (tertiary alicyclic amines) is 2. The number of fused-ring (bicyclic) bond motifs is 2. The second-order valence-corrected chi connectivity index (χ2v) is 6.37. The van der Waals surface area contributed by atoms with E-state index in [9.17, 15) is 9.18 Å². The minimum atomic E-state index is -0.278. The number of halogens is 1. The number of nitrogens with zero attached hydrogens (tertiary/aromatic N) is 2. The predicted octanol–water partition coefficient (Wildman–Crippen LogP) is 1.94. The van der Waals surface area contributed by atoms with E-state index in [4.69, 9.17) is 0 Å². The normalized spacial score (nSPS) is 25.7. The summed E-state index contributed by atoms with van der Waals surface area (Å²) in [6, 6.07) is 6.29. The maximum Gasteiger partial charge on any atom is 0.270 e. The highest BCUT2D eigenvalue weighted by molar-refractivity contribution is 5.98. The summed E-state index contributed by atoms with van der Waals surface area (Å²) in [5.41, 5.74) is 1.36. The average molecular weight is 287 g/mol. The lowest BCUT2D eigenvalue weighted by Crippen LogP contribution is -2.32. The molecular weight excluding hydrogens is 269 g/mol. The van der Waals surface area contributed by atoms with Crippen LogP contribution in [0.2, 0.25) is 0 Å². The van der Waals surface area contributed by atoms with Gasteiger partial charge in [-0.3, -0.25) is 4.79 Å². The topological polar surface area (TPSA) is 39.3 Å². The molecule has 4 nitrogen and oxygen atoms in total. The minimum Gasteiger partial charge on any atom is -0.351 e. The third kappa shape index (κ3) is 2.12. The van der Waals surface area contributed by atoms with Crippen LogP contribution in [0.5, 0.6) is 0 Å². The highest BCUT2D eigenvalue weighted by Gasteiger charge is 2.40. The van der Waals surface area contributed by atoms with Crippen LogP contribution in [0.25, 0.3) is 10.9 Å². The first kappa shape index (κ1) is 12.8. The molecule has 3 heterocycles. The van der Waals surface area contributed by atoms with Gasteiger partial charge in [-0.05, 0) is 43.1 Å². The molecule has 1 aromatic carbocycles. The molecular formula is C16H18FN3O. The Bertz CT molecular complexity index is 697. The summed E-state index contributed by atoms with van der Waals surface area (Å²) < 4.78 is 13.2. The van der Waals surface area contributed by atoms with E-state index >= 15 is 0 Å². The molecule has 5 heteroatoms. The molecule has 4 rings (SSSR count). The lowest BCUT2D eigenvalue weighted by molar-refractivity contribution is 0.0771. The van der Waals surface area contributed by atoms with E-state index < -0.39 is 0 Å². The van der Waals surface area contributed by atoms with Gasteiger partial charge in [0.2, 0.25) is 0 Å². The molecule has 2 aromatic rings. The molecule has 2 aliphatic rings. The lowest BCUT2D eigenvalue weighted by atomic mass is 10.0. The number of carbonyl (C=O) groups is 1. The largest absolute Gasteiger partial charge is 0.351 e. The van der Waals surface area contributed by atoms with Crippen molar-refractivity contribution in [2.45, 2.75) is 0 Å². The van der Waals surface area contributed by atoms with Crippen LogP contribution in [-0.2, 0) is 0 Å². The van der Waals surface area contributed by atoms with E-state index in [1.807, 2.05) is 4.90 Å². The van der Waals surface area contributed by atoms with Crippen molar-refractivity contribution in [3.05, 3.63) is 35.8 Å². The number of aromatic amines is 1. The van der Waals surface area contributed by atoms with Crippen molar-refractivity contribution in [1.82, 2.24) is 14.8 Å². The fourth-order valence-corrected chi connectivity index (χ4v) is 3.78. The predicted molar refractivity (Wildman–Crippen MR) is 78.6 cm³/mol. The van der Waals surface area contributed by atoms with Gasteiger partial charge in [-0.25, -0.2) is 4.39 Å². The fourth-order valence-electron chi connectivity index (χ4n) is 3.78. The zero-order valence-electron chi connectivity index (χ0n) is 12.0. The van der Waals surface area contributed by atoms with Gasteiger partial charge in [-0.15, -0.1) is 0 Å². The van der Waals surface area contributed by atoms with E-state index in [0.29, 0.717) is 17.5 Å². The zero-order chi connectivity index (χ0) is 14.6. The standard InChI is InChI=1S/C16H18FN3O/c1-19-6-11-8-20(9-12(11)7-19)16(21)15-5-10-4-13(17)2-3-14(10)18-15/h2-5,11-12,18H,6-9H2,1H3/t11-,12+. The molecule has 0 spiro atoms. The first-order valence-electron chi connectivity index (χ1n) is 7.36. The Balaban J connectivity index is 1.57. The van der Waals surface area contributed by atoms with Crippen LogP contribution in [0.1, 0.15) is 10.5 Å². The molecule has 0 unspecified atom stereocenters. The monoisotopic (exact) mass is 287 g/mol. The number of aromatic nitrogens is 1. The molecule has 2 atom stereocenters. The summed E-state index contributed by atoms with van der Waals surface area (Å²) >= 11 is 0. The Morgan fingerprint density at radius 1 is 1.19 bits per heavy atom. The third-order valence-corrected chi connectivity index (χ3v) is 4.77. The second-order valence-electron chi connectivity index (χ2n) is 6.37. The molecule has 0 radical (unpaired) electrons. The van der Waals surface area contributed by atoms with Crippen molar-refractivity contribution in [3.63, 3.8) is 0 Å². The van der Waals surface area contributed by atoms with Gasteiger partial charge in [0.05, 0.1) is 0 Å². The van der Waals surface area contributed by atoms with Gasteiger partial charge < -0.3 is 14.8 Å². The average Bonchev–Trinajstić information content (AvgIpc) is 3.08. The summed E-state index contributed by atoms with van der Waals surface area (Å²) in [5.74, 6) is 0.949. The highest BCUT2D eigenvalue weighted by Crippen LogP contribution is 2.31. The van der Waals surface area contributed by atoms with Gasteiger partial charge in [0, 0.05) is 37.1 Å². The summed E-state index contributed by atoms with van der Waals surface area (Å²) in [6.07, 6.45) is 0. The molecule has 1 amide bonds. The summed E-state index contributed by atoms with van der Waals surface area (Å²) in [6.45, 7) is 3.81. The van der Waals surface area contributed by atoms with Crippen molar-refractivity contribution in [1.29, 1.82) is 0 Å². The Kier molecular flexibility index (Phi) is 2.79. The number of H-pyrrole nitrogens is 1. The number of rotatable bonds is 1. The fraction of sp³-hybridized carbons (Fsp3) is 0.438. The van der Waals surface area contributed by atoms with Crippen LogP contribution >= 0.6 is 0 Å². The Hall–Kier alpha value is -1.88. The van der Waals surface area contributed by atoms with Crippen molar-refractivity contribution >= 4 is 16.8 Å². The molecule has 2 aliphatic heterocycles. The van der Waals surface area contributed by atoms with Crippen LogP contribution < -0.4 is 0 Å². The van der Waals surface area contributed by atoms with Crippen molar-refractivity contribution in [2.75, 3.05) is 33.2 Å². The van der Waals surface area contributed by atoms with E-state index in [1.54, 1.807) is 12.1 Å². The number of hydrogen-bond donors (Lipinski definition) is 1. The van der Waals surface area contributed by atoms with E-state index in [1.165, 1.54) is 12.1 Å². The molecule has 2 saturated heterocycles. The van der Waals surface area contributed by atoms with E-state index in [-0.39, 0.29) is 11.7 Å². The molecule has 1 aromatic heterocycles. The molecule has 0 saturated carbocycles. The Morgan fingerprint density at radius 2 is 1.90 bits per heavy atom. The van der Waals surface area contributed by atoms with E-state index in [2.05, 4.69) is 16.9 Å². The van der Waals surface area contributed by atoms with Gasteiger partial charge >= 0.3 is 0 Å². The van der Waals surface area contributed by atoms with Crippen molar-refractivity contribution < 1.29 is 9.18 Å². The molecule has 0 bridgehead atoms. The Morgan fingerprint density at radius 3 is 2.62 bits per heavy atom. The summed E-state index contributed by atoms with van der Waals surface area (Å²) in [4.78, 5) is 20.0. The third-order valence-electron chi connectivity index (χ3n) is 4.77. The number of hydrogen-bond acceptors (Lipinski definition) is 2. The van der Waals surface area contributed by atoms with E-state index in [0.717, 1.165) is 37.1 Å². The number of carbonyl (C=O) groups excluding carboxylic acids is 1. The van der Waals surface area contributed by atoms with Crippen LogP contribution in [0, 0.1) is 17.7 Å². The smallest absolute Gasteiger partial charge is 0.270 e. The maximum absolute atomic E-state index is 13.2. The van der Waals surface area contributed by atoms with Crippen LogP contribution in [0.4, 0.5) is 4.39 Å². The van der Waals surface area contributed by atoms with Crippen molar-refractivity contribution in [2.24, 2.45) is 11.8 Å². The van der Waals surface area contributed by atoms with Crippen LogP contribution in [0.15, 0.2) is 24.3 Å². The summed E-state index contributed by atoms with van der Waals surface area (Å²) in [5, 5.41) is 0.748. The van der Waals surface area contributed by atoms with Gasteiger partial charge in [0.1, 0.15) is 11.5 Å². The van der Waals surface area contributed by atoms with Gasteiger partial charge in [-0.1, -0.05) is 0 Å². The molecule has 21 heavy (non-hydrogen) atoms. The molecule has 2 fully saturated rings. The molecule has 0 aliphatic carbocycles. The maximum atomic E-state index is 13.2. The number of benzene rings is 1. The summed E-state index contributed by atoms with van der Waals surface area (Å²) in [7, 11) is 2.14. The van der Waals surface area contributed by atoms with Gasteiger partial charge in [0.15, 0.2) is 0 Å².